The number of carbonyl (C=O) groups excluding carboxylic acids is 3. The van der Waals surface area contributed by atoms with Crippen LogP contribution >= 0.6 is 0 Å². The van der Waals surface area contributed by atoms with Crippen molar-refractivity contribution in [1.29, 1.82) is 0 Å². The molecule has 0 aromatic heterocycles. The van der Waals surface area contributed by atoms with Gasteiger partial charge in [0.15, 0.2) is 11.5 Å². The molecule has 1 atom stereocenters. The largest absolute Gasteiger partial charge is 0.454 e. The fourth-order valence-electron chi connectivity index (χ4n) is 4.67. The predicted molar refractivity (Wildman–Crippen MR) is 121 cm³/mol. The summed E-state index contributed by atoms with van der Waals surface area (Å²) in [6.07, 6.45) is 1.12. The second kappa shape index (κ2) is 8.77. The maximum atomic E-state index is 13.1. The third-order valence-electron chi connectivity index (χ3n) is 6.60. The van der Waals surface area contributed by atoms with E-state index in [9.17, 15) is 14.4 Å². The zero-order valence-electron chi connectivity index (χ0n) is 18.7. The van der Waals surface area contributed by atoms with E-state index in [1.807, 2.05) is 24.3 Å². The van der Waals surface area contributed by atoms with Gasteiger partial charge in [0.2, 0.25) is 18.6 Å². The van der Waals surface area contributed by atoms with Gasteiger partial charge in [-0.3, -0.25) is 14.4 Å². The molecule has 2 saturated heterocycles. The standard InChI is InChI=1S/C25H27N3O5/c1-2-17-4-3-5-20(12-17)28-15-19(14-23(28)29)25(31)27-10-8-26(9-11-27)24(30)18-6-7-21-22(13-18)33-16-32-21/h3-7,12-13,19H,2,8-11,14-16H2,1H3/t19-/m1/s1. The molecule has 3 heterocycles. The van der Waals surface area contributed by atoms with Crippen molar-refractivity contribution in [2.24, 2.45) is 5.92 Å². The van der Waals surface area contributed by atoms with E-state index in [4.69, 9.17) is 9.47 Å². The number of piperazine rings is 1. The molecule has 2 fully saturated rings. The molecule has 0 unspecified atom stereocenters. The molecule has 8 heteroatoms. The highest BCUT2D eigenvalue weighted by Crippen LogP contribution is 2.33. The van der Waals surface area contributed by atoms with Gasteiger partial charge in [0.25, 0.3) is 5.91 Å². The van der Waals surface area contributed by atoms with Crippen molar-refractivity contribution in [1.82, 2.24) is 9.80 Å². The number of fused-ring (bicyclic) bond motifs is 1. The van der Waals surface area contributed by atoms with E-state index in [0.717, 1.165) is 12.1 Å². The van der Waals surface area contributed by atoms with E-state index in [2.05, 4.69) is 6.92 Å². The molecule has 8 nitrogen and oxygen atoms in total. The third-order valence-corrected chi connectivity index (χ3v) is 6.60. The van der Waals surface area contributed by atoms with Crippen LogP contribution in [0.4, 0.5) is 5.69 Å². The molecule has 0 N–H and O–H groups in total. The first-order valence-electron chi connectivity index (χ1n) is 11.4. The highest BCUT2D eigenvalue weighted by molar-refractivity contribution is 6.00. The average molecular weight is 450 g/mol. The van der Waals surface area contributed by atoms with Crippen LogP contribution in [-0.4, -0.2) is 67.0 Å². The quantitative estimate of drug-likeness (QED) is 0.716. The summed E-state index contributed by atoms with van der Waals surface area (Å²) in [4.78, 5) is 43.9. The van der Waals surface area contributed by atoms with Gasteiger partial charge >= 0.3 is 0 Å². The molecule has 5 rings (SSSR count). The van der Waals surface area contributed by atoms with Crippen LogP contribution in [0.25, 0.3) is 0 Å². The number of carbonyl (C=O) groups is 3. The Morgan fingerprint density at radius 2 is 1.73 bits per heavy atom. The summed E-state index contributed by atoms with van der Waals surface area (Å²) in [7, 11) is 0. The van der Waals surface area contributed by atoms with E-state index >= 15 is 0 Å². The normalized spacial score (nSPS) is 19.8. The van der Waals surface area contributed by atoms with Crippen LogP contribution in [-0.2, 0) is 16.0 Å². The summed E-state index contributed by atoms with van der Waals surface area (Å²) < 4.78 is 10.7. The van der Waals surface area contributed by atoms with Crippen molar-refractivity contribution in [3.05, 3.63) is 53.6 Å². The van der Waals surface area contributed by atoms with Crippen LogP contribution in [0.3, 0.4) is 0 Å². The van der Waals surface area contributed by atoms with E-state index < -0.39 is 0 Å². The second-order valence-corrected chi connectivity index (χ2v) is 8.61. The smallest absolute Gasteiger partial charge is 0.254 e. The first kappa shape index (κ1) is 21.3. The van der Waals surface area contributed by atoms with Crippen LogP contribution in [0.15, 0.2) is 42.5 Å². The number of hydrogen-bond donors (Lipinski definition) is 0. The third kappa shape index (κ3) is 4.13. The van der Waals surface area contributed by atoms with E-state index in [1.54, 1.807) is 32.9 Å². The van der Waals surface area contributed by atoms with Crippen LogP contribution < -0.4 is 14.4 Å². The predicted octanol–water partition coefficient (Wildman–Crippen LogP) is 2.32. The Morgan fingerprint density at radius 1 is 0.970 bits per heavy atom. The number of ether oxygens (including phenoxy) is 2. The molecule has 3 aliphatic heterocycles. The molecule has 3 aliphatic rings. The monoisotopic (exact) mass is 449 g/mol. The lowest BCUT2D eigenvalue weighted by Crippen LogP contribution is -2.52. The van der Waals surface area contributed by atoms with Gasteiger partial charge in [-0.2, -0.15) is 0 Å². The van der Waals surface area contributed by atoms with Crippen LogP contribution in [0.1, 0.15) is 29.3 Å². The lowest BCUT2D eigenvalue weighted by molar-refractivity contribution is -0.137. The zero-order chi connectivity index (χ0) is 22.9. The molecule has 2 aromatic carbocycles. The Kier molecular flexibility index (Phi) is 5.66. The maximum Gasteiger partial charge on any atom is 0.254 e. The highest BCUT2D eigenvalue weighted by Gasteiger charge is 2.38. The van der Waals surface area contributed by atoms with Gasteiger partial charge in [-0.15, -0.1) is 0 Å². The number of nitrogens with zero attached hydrogens (tertiary/aromatic N) is 3. The summed E-state index contributed by atoms with van der Waals surface area (Å²) in [5.41, 5.74) is 2.57. The first-order valence-corrected chi connectivity index (χ1v) is 11.4. The molecule has 172 valence electrons. The number of benzene rings is 2. The van der Waals surface area contributed by atoms with Gasteiger partial charge in [0, 0.05) is 50.4 Å². The van der Waals surface area contributed by atoms with Crippen LogP contribution in [0.2, 0.25) is 0 Å². The summed E-state index contributed by atoms with van der Waals surface area (Å²) in [5.74, 6) is 0.765. The van der Waals surface area contributed by atoms with Crippen molar-refractivity contribution in [2.75, 3.05) is 44.4 Å². The number of hydrogen-bond acceptors (Lipinski definition) is 5. The Labute approximate surface area is 192 Å². The SMILES string of the molecule is CCc1cccc(N2C[C@H](C(=O)N3CCN(C(=O)c4ccc5c(c4)OCO5)CC3)CC2=O)c1. The van der Waals surface area contributed by atoms with Crippen molar-refractivity contribution in [3.8, 4) is 11.5 Å². The van der Waals surface area contributed by atoms with Crippen LogP contribution in [0, 0.1) is 5.92 Å². The molecule has 3 amide bonds. The summed E-state index contributed by atoms with van der Waals surface area (Å²) >= 11 is 0. The number of amides is 3. The van der Waals surface area contributed by atoms with E-state index in [-0.39, 0.29) is 36.9 Å². The lowest BCUT2D eigenvalue weighted by Gasteiger charge is -2.36. The van der Waals surface area contributed by atoms with Gasteiger partial charge < -0.3 is 24.2 Å². The van der Waals surface area contributed by atoms with E-state index in [1.165, 1.54) is 5.56 Å². The van der Waals surface area contributed by atoms with Gasteiger partial charge in [-0.1, -0.05) is 19.1 Å². The van der Waals surface area contributed by atoms with Crippen LogP contribution in [0.5, 0.6) is 11.5 Å². The molecule has 0 radical (unpaired) electrons. The minimum atomic E-state index is -0.348. The van der Waals surface area contributed by atoms with Crippen molar-refractivity contribution in [3.63, 3.8) is 0 Å². The molecular formula is C25H27N3O5. The molecule has 0 spiro atoms. The van der Waals surface area contributed by atoms with E-state index in [0.29, 0.717) is 49.8 Å². The lowest BCUT2D eigenvalue weighted by atomic mass is 10.1. The van der Waals surface area contributed by atoms with Crippen molar-refractivity contribution >= 4 is 23.4 Å². The Morgan fingerprint density at radius 3 is 2.52 bits per heavy atom. The van der Waals surface area contributed by atoms with Gasteiger partial charge in [-0.05, 0) is 42.3 Å². The maximum absolute atomic E-state index is 13.1. The number of anilines is 1. The molecule has 2 aromatic rings. The van der Waals surface area contributed by atoms with Gasteiger partial charge in [-0.25, -0.2) is 0 Å². The Bertz CT molecular complexity index is 1090. The van der Waals surface area contributed by atoms with Gasteiger partial charge in [0.05, 0.1) is 5.92 Å². The summed E-state index contributed by atoms with van der Waals surface area (Å²) in [5, 5.41) is 0. The number of aryl methyl sites for hydroxylation is 1. The molecule has 0 aliphatic carbocycles. The highest BCUT2D eigenvalue weighted by atomic mass is 16.7. The Balaban J connectivity index is 1.18. The summed E-state index contributed by atoms with van der Waals surface area (Å²) in [6.45, 7) is 4.49. The van der Waals surface area contributed by atoms with Crippen molar-refractivity contribution in [2.45, 2.75) is 19.8 Å². The minimum Gasteiger partial charge on any atom is -0.454 e. The molecule has 33 heavy (non-hydrogen) atoms. The zero-order valence-corrected chi connectivity index (χ0v) is 18.7. The fraction of sp³-hybridized carbons (Fsp3) is 0.400. The molecule has 0 bridgehead atoms. The first-order chi connectivity index (χ1) is 16.0. The van der Waals surface area contributed by atoms with Crippen molar-refractivity contribution < 1.29 is 23.9 Å². The van der Waals surface area contributed by atoms with Gasteiger partial charge in [0.1, 0.15) is 0 Å². The summed E-state index contributed by atoms with van der Waals surface area (Å²) in [6, 6.07) is 13.1. The number of rotatable bonds is 4. The fourth-order valence-corrected chi connectivity index (χ4v) is 4.67. The average Bonchev–Trinajstić information content (AvgIpc) is 3.49. The Hall–Kier alpha value is -3.55. The molecule has 0 saturated carbocycles. The minimum absolute atomic E-state index is 0.00678. The topological polar surface area (TPSA) is 79.4 Å². The molecular weight excluding hydrogens is 422 g/mol. The second-order valence-electron chi connectivity index (χ2n) is 8.61.